The first-order valence-electron chi connectivity index (χ1n) is 5.05. The van der Waals surface area contributed by atoms with Gasteiger partial charge in [0.1, 0.15) is 0 Å². The number of hydrogen-bond acceptors (Lipinski definition) is 3. The van der Waals surface area contributed by atoms with E-state index >= 15 is 0 Å². The highest BCUT2D eigenvalue weighted by Gasteiger charge is 2.22. The third kappa shape index (κ3) is 2.59. The van der Waals surface area contributed by atoms with Crippen molar-refractivity contribution in [2.45, 2.75) is 13.0 Å². The van der Waals surface area contributed by atoms with Crippen LogP contribution in [0.15, 0.2) is 22.7 Å². The van der Waals surface area contributed by atoms with Gasteiger partial charge in [-0.2, -0.15) is 0 Å². The average Bonchev–Trinajstić information content (AvgIpc) is 2.78. The summed E-state index contributed by atoms with van der Waals surface area (Å²) >= 11 is 5.20. The van der Waals surface area contributed by atoms with Crippen LogP contribution in [0.25, 0.3) is 0 Å². The van der Waals surface area contributed by atoms with Crippen molar-refractivity contribution in [3.63, 3.8) is 0 Å². The van der Waals surface area contributed by atoms with Crippen molar-refractivity contribution in [2.75, 3.05) is 16.9 Å². The first kappa shape index (κ1) is 12.0. The number of thioether (sulfide) groups is 1. The molecule has 1 unspecified atom stereocenters. The lowest BCUT2D eigenvalue weighted by molar-refractivity contribution is -0.117. The molecule has 5 heteroatoms. The summed E-state index contributed by atoms with van der Waals surface area (Å²) in [7, 11) is 0. The van der Waals surface area contributed by atoms with Crippen molar-refractivity contribution in [3.05, 3.63) is 28.2 Å². The summed E-state index contributed by atoms with van der Waals surface area (Å²) in [5, 5.41) is 6.10. The number of anilines is 1. The second-order valence-corrected chi connectivity index (χ2v) is 5.56. The number of nitrogens with one attached hydrogen (secondary N) is 2. The fourth-order valence-corrected chi connectivity index (χ4v) is 2.83. The van der Waals surface area contributed by atoms with Crippen LogP contribution >= 0.6 is 27.7 Å². The van der Waals surface area contributed by atoms with E-state index in [4.69, 9.17) is 0 Å². The van der Waals surface area contributed by atoms with Gasteiger partial charge in [0, 0.05) is 21.8 Å². The van der Waals surface area contributed by atoms with Gasteiger partial charge in [-0.3, -0.25) is 10.1 Å². The molecule has 1 aromatic rings. The standard InChI is InChI=1S/C11H13BrN2OS/c1-7-8(12)3-2-4-9(7)14-11(15)10-5-16-6-13-10/h2-4,10,13H,5-6H2,1H3,(H,14,15). The number of hydrogen-bond donors (Lipinski definition) is 2. The highest BCUT2D eigenvalue weighted by atomic mass is 79.9. The summed E-state index contributed by atoms with van der Waals surface area (Å²) in [5.41, 5.74) is 1.93. The summed E-state index contributed by atoms with van der Waals surface area (Å²) in [6.45, 7) is 1.98. The molecule has 1 heterocycles. The molecule has 0 radical (unpaired) electrons. The molecule has 1 fully saturated rings. The number of amides is 1. The molecule has 0 spiro atoms. The molecule has 1 aliphatic heterocycles. The molecule has 16 heavy (non-hydrogen) atoms. The highest BCUT2D eigenvalue weighted by Crippen LogP contribution is 2.24. The van der Waals surface area contributed by atoms with E-state index in [0.717, 1.165) is 27.4 Å². The Morgan fingerprint density at radius 2 is 2.44 bits per heavy atom. The fourth-order valence-electron chi connectivity index (χ4n) is 1.53. The fraction of sp³-hybridized carbons (Fsp3) is 0.364. The molecule has 2 N–H and O–H groups in total. The van der Waals surface area contributed by atoms with Crippen molar-refractivity contribution in [1.29, 1.82) is 0 Å². The second kappa shape index (κ2) is 5.21. The zero-order valence-corrected chi connectivity index (χ0v) is 11.3. The third-order valence-electron chi connectivity index (χ3n) is 2.56. The molecular formula is C11H13BrN2OS. The first-order chi connectivity index (χ1) is 7.68. The molecule has 0 aromatic heterocycles. The third-order valence-corrected chi connectivity index (χ3v) is 4.36. The maximum atomic E-state index is 11.9. The molecule has 1 aliphatic rings. The van der Waals surface area contributed by atoms with Gasteiger partial charge in [-0.05, 0) is 24.6 Å². The Hall–Kier alpha value is -0.520. The Balaban J connectivity index is 2.08. The van der Waals surface area contributed by atoms with Gasteiger partial charge in [0.05, 0.1) is 6.04 Å². The van der Waals surface area contributed by atoms with Crippen LogP contribution in [0.5, 0.6) is 0 Å². The predicted octanol–water partition coefficient (Wildman–Crippen LogP) is 2.36. The SMILES string of the molecule is Cc1c(Br)cccc1NC(=O)C1CSCN1. The number of carbonyl (C=O) groups excluding carboxylic acids is 1. The van der Waals surface area contributed by atoms with Crippen LogP contribution in [0.4, 0.5) is 5.69 Å². The van der Waals surface area contributed by atoms with Gasteiger partial charge in [-0.25, -0.2) is 0 Å². The van der Waals surface area contributed by atoms with Crippen LogP contribution in [-0.2, 0) is 4.79 Å². The summed E-state index contributed by atoms with van der Waals surface area (Å²) in [4.78, 5) is 11.9. The Labute approximate surface area is 108 Å². The summed E-state index contributed by atoms with van der Waals surface area (Å²) < 4.78 is 1.01. The van der Waals surface area contributed by atoms with Gasteiger partial charge in [0.2, 0.25) is 5.91 Å². The zero-order valence-electron chi connectivity index (χ0n) is 8.92. The van der Waals surface area contributed by atoms with E-state index in [2.05, 4.69) is 26.6 Å². The van der Waals surface area contributed by atoms with Crippen LogP contribution in [0.3, 0.4) is 0 Å². The minimum Gasteiger partial charge on any atom is -0.324 e. The Bertz CT molecular complexity index is 405. The molecule has 1 aromatic carbocycles. The predicted molar refractivity (Wildman–Crippen MR) is 71.8 cm³/mol. The quantitative estimate of drug-likeness (QED) is 0.881. The largest absolute Gasteiger partial charge is 0.324 e. The summed E-state index contributed by atoms with van der Waals surface area (Å²) in [6, 6.07) is 5.74. The molecule has 0 bridgehead atoms. The second-order valence-electron chi connectivity index (χ2n) is 3.67. The lowest BCUT2D eigenvalue weighted by Crippen LogP contribution is -2.37. The van der Waals surface area contributed by atoms with Crippen LogP contribution < -0.4 is 10.6 Å². The van der Waals surface area contributed by atoms with E-state index in [1.165, 1.54) is 0 Å². The van der Waals surface area contributed by atoms with Crippen LogP contribution in [-0.4, -0.2) is 23.6 Å². The van der Waals surface area contributed by atoms with Gasteiger partial charge in [0.15, 0.2) is 0 Å². The van der Waals surface area contributed by atoms with Gasteiger partial charge in [0.25, 0.3) is 0 Å². The Morgan fingerprint density at radius 3 is 3.12 bits per heavy atom. The molecule has 1 atom stereocenters. The summed E-state index contributed by atoms with van der Waals surface area (Å²) in [5.74, 6) is 1.75. The Morgan fingerprint density at radius 1 is 1.62 bits per heavy atom. The van der Waals surface area contributed by atoms with E-state index in [-0.39, 0.29) is 11.9 Å². The normalized spacial score (nSPS) is 19.8. The number of halogens is 1. The van der Waals surface area contributed by atoms with E-state index in [0.29, 0.717) is 0 Å². The first-order valence-corrected chi connectivity index (χ1v) is 7.00. The van der Waals surface area contributed by atoms with Crippen LogP contribution in [0, 0.1) is 6.92 Å². The van der Waals surface area contributed by atoms with Crippen molar-refractivity contribution in [3.8, 4) is 0 Å². The smallest absolute Gasteiger partial charge is 0.242 e. The molecule has 2 rings (SSSR count). The zero-order chi connectivity index (χ0) is 11.5. The number of carbonyl (C=O) groups is 1. The average molecular weight is 301 g/mol. The van der Waals surface area contributed by atoms with E-state index < -0.39 is 0 Å². The Kier molecular flexibility index (Phi) is 3.89. The molecular weight excluding hydrogens is 288 g/mol. The van der Waals surface area contributed by atoms with Gasteiger partial charge < -0.3 is 5.32 Å². The molecule has 0 saturated carbocycles. The van der Waals surface area contributed by atoms with E-state index in [1.807, 2.05) is 25.1 Å². The van der Waals surface area contributed by atoms with Crippen molar-refractivity contribution in [1.82, 2.24) is 5.32 Å². The number of rotatable bonds is 2. The van der Waals surface area contributed by atoms with Crippen molar-refractivity contribution >= 4 is 39.3 Å². The van der Waals surface area contributed by atoms with Gasteiger partial charge in [-0.1, -0.05) is 22.0 Å². The molecule has 1 amide bonds. The highest BCUT2D eigenvalue weighted by molar-refractivity contribution is 9.10. The minimum absolute atomic E-state index is 0.0474. The van der Waals surface area contributed by atoms with Gasteiger partial charge >= 0.3 is 0 Å². The maximum Gasteiger partial charge on any atom is 0.242 e. The number of benzene rings is 1. The lowest BCUT2D eigenvalue weighted by atomic mass is 10.2. The van der Waals surface area contributed by atoms with E-state index in [9.17, 15) is 4.79 Å². The molecule has 1 saturated heterocycles. The van der Waals surface area contributed by atoms with Crippen LogP contribution in [0.2, 0.25) is 0 Å². The van der Waals surface area contributed by atoms with E-state index in [1.54, 1.807) is 11.8 Å². The monoisotopic (exact) mass is 300 g/mol. The van der Waals surface area contributed by atoms with Crippen molar-refractivity contribution < 1.29 is 4.79 Å². The maximum absolute atomic E-state index is 11.9. The molecule has 3 nitrogen and oxygen atoms in total. The van der Waals surface area contributed by atoms with Crippen LogP contribution in [0.1, 0.15) is 5.56 Å². The lowest BCUT2D eigenvalue weighted by Gasteiger charge is -2.13. The topological polar surface area (TPSA) is 41.1 Å². The van der Waals surface area contributed by atoms with Gasteiger partial charge in [-0.15, -0.1) is 11.8 Å². The minimum atomic E-state index is -0.0663. The van der Waals surface area contributed by atoms with Crippen molar-refractivity contribution in [2.24, 2.45) is 0 Å². The summed E-state index contributed by atoms with van der Waals surface area (Å²) in [6.07, 6.45) is 0. The molecule has 0 aliphatic carbocycles. The molecule has 86 valence electrons.